The number of nitrogens with one attached hydrogen (secondary N) is 1. The van der Waals surface area contributed by atoms with E-state index in [0.717, 1.165) is 41.5 Å². The van der Waals surface area contributed by atoms with Crippen LogP contribution in [0.1, 0.15) is 31.2 Å². The molecule has 2 N–H and O–H groups in total. The van der Waals surface area contributed by atoms with Crippen LogP contribution in [0.5, 0.6) is 0 Å². The molecule has 19 heavy (non-hydrogen) atoms. The van der Waals surface area contributed by atoms with Gasteiger partial charge in [-0.25, -0.2) is 4.98 Å². The molecule has 0 aliphatic heterocycles. The van der Waals surface area contributed by atoms with Crippen molar-refractivity contribution in [1.82, 2.24) is 4.98 Å². The number of fused-ring (bicyclic) bond motifs is 1. The van der Waals surface area contributed by atoms with Gasteiger partial charge in [0.15, 0.2) is 0 Å². The van der Waals surface area contributed by atoms with E-state index >= 15 is 0 Å². The fourth-order valence-corrected chi connectivity index (χ4v) is 2.82. The lowest BCUT2D eigenvalue weighted by atomic mass is 9.92. The molecule has 3 rings (SSSR count). The van der Waals surface area contributed by atoms with Gasteiger partial charge < -0.3 is 10.4 Å². The topological polar surface area (TPSA) is 45.2 Å². The maximum Gasteiger partial charge on any atom is 0.129 e. The van der Waals surface area contributed by atoms with Gasteiger partial charge in [0.2, 0.25) is 0 Å². The number of hydrogen-bond acceptors (Lipinski definition) is 3. The second-order valence-corrected chi connectivity index (χ2v) is 5.45. The summed E-state index contributed by atoms with van der Waals surface area (Å²) in [6.45, 7) is 2.07. The van der Waals surface area contributed by atoms with Crippen LogP contribution in [0.4, 0.5) is 5.82 Å². The number of nitrogens with zero attached hydrogens (tertiary/aromatic N) is 1. The summed E-state index contributed by atoms with van der Waals surface area (Å²) in [6, 6.07) is 10.4. The van der Waals surface area contributed by atoms with Crippen LogP contribution in [-0.2, 0) is 0 Å². The van der Waals surface area contributed by atoms with E-state index in [0.29, 0.717) is 0 Å². The summed E-state index contributed by atoms with van der Waals surface area (Å²) in [5.41, 5.74) is 2.14. The quantitative estimate of drug-likeness (QED) is 0.867. The molecule has 1 aromatic heterocycles. The average Bonchev–Trinajstić information content (AvgIpc) is 2.42. The highest BCUT2D eigenvalue weighted by Gasteiger charge is 2.23. The minimum Gasteiger partial charge on any atom is -0.391 e. The highest BCUT2D eigenvalue weighted by Crippen LogP contribution is 2.25. The Morgan fingerprint density at radius 3 is 2.84 bits per heavy atom. The molecule has 0 spiro atoms. The van der Waals surface area contributed by atoms with Crippen LogP contribution in [0.3, 0.4) is 0 Å². The number of aliphatic hydroxyl groups is 1. The zero-order valence-corrected chi connectivity index (χ0v) is 11.3. The lowest BCUT2D eigenvalue weighted by Gasteiger charge is -2.29. The van der Waals surface area contributed by atoms with Gasteiger partial charge in [-0.2, -0.15) is 0 Å². The van der Waals surface area contributed by atoms with Gasteiger partial charge in [0.05, 0.1) is 17.7 Å². The van der Waals surface area contributed by atoms with Gasteiger partial charge in [0.25, 0.3) is 0 Å². The van der Waals surface area contributed by atoms with Gasteiger partial charge in [-0.3, -0.25) is 0 Å². The molecule has 1 saturated carbocycles. The SMILES string of the molecule is Cc1cc2ccccc2nc1NC1CCCCC1O. The number of benzene rings is 1. The molecule has 2 aromatic rings. The first-order chi connectivity index (χ1) is 9.24. The fraction of sp³-hybridized carbons (Fsp3) is 0.438. The molecule has 1 heterocycles. The number of pyridine rings is 1. The normalized spacial score (nSPS) is 23.5. The van der Waals surface area contributed by atoms with Crippen molar-refractivity contribution in [3.63, 3.8) is 0 Å². The molecular formula is C16H20N2O. The molecule has 2 atom stereocenters. The molecule has 0 amide bonds. The van der Waals surface area contributed by atoms with Crippen molar-refractivity contribution in [2.75, 3.05) is 5.32 Å². The van der Waals surface area contributed by atoms with Gasteiger partial charge in [-0.15, -0.1) is 0 Å². The zero-order chi connectivity index (χ0) is 13.2. The molecule has 1 fully saturated rings. The monoisotopic (exact) mass is 256 g/mol. The third kappa shape index (κ3) is 2.56. The number of rotatable bonds is 2. The number of anilines is 1. The highest BCUT2D eigenvalue weighted by atomic mass is 16.3. The van der Waals surface area contributed by atoms with Crippen LogP contribution in [0.15, 0.2) is 30.3 Å². The van der Waals surface area contributed by atoms with Crippen molar-refractivity contribution >= 4 is 16.7 Å². The summed E-state index contributed by atoms with van der Waals surface area (Å²) in [6.07, 6.45) is 3.98. The zero-order valence-electron chi connectivity index (χ0n) is 11.3. The largest absolute Gasteiger partial charge is 0.391 e. The van der Waals surface area contributed by atoms with E-state index in [1.165, 1.54) is 6.42 Å². The van der Waals surface area contributed by atoms with Crippen molar-refractivity contribution < 1.29 is 5.11 Å². The Morgan fingerprint density at radius 1 is 1.21 bits per heavy atom. The van der Waals surface area contributed by atoms with E-state index < -0.39 is 0 Å². The molecule has 3 heteroatoms. The molecule has 1 aliphatic carbocycles. The molecule has 0 radical (unpaired) electrons. The molecular weight excluding hydrogens is 236 g/mol. The van der Waals surface area contributed by atoms with Crippen LogP contribution < -0.4 is 5.32 Å². The minimum atomic E-state index is -0.249. The van der Waals surface area contributed by atoms with Crippen LogP contribution in [0.2, 0.25) is 0 Å². The van der Waals surface area contributed by atoms with Crippen molar-refractivity contribution in [2.24, 2.45) is 0 Å². The standard InChI is InChI=1S/C16H20N2O/c1-11-10-12-6-2-3-7-13(12)17-16(11)18-14-8-4-5-9-15(14)19/h2-3,6-7,10,14-15,19H,4-5,8-9H2,1H3,(H,17,18). The third-order valence-corrected chi connectivity index (χ3v) is 3.97. The third-order valence-electron chi connectivity index (χ3n) is 3.97. The van der Waals surface area contributed by atoms with Crippen molar-refractivity contribution in [2.45, 2.75) is 44.8 Å². The Bertz CT molecular complexity index is 582. The van der Waals surface area contributed by atoms with Crippen LogP contribution >= 0.6 is 0 Å². The van der Waals surface area contributed by atoms with Gasteiger partial charge >= 0.3 is 0 Å². The van der Waals surface area contributed by atoms with E-state index in [4.69, 9.17) is 0 Å². The summed E-state index contributed by atoms with van der Waals surface area (Å²) in [4.78, 5) is 4.68. The molecule has 1 aliphatic rings. The van der Waals surface area contributed by atoms with E-state index in [-0.39, 0.29) is 12.1 Å². The Balaban J connectivity index is 1.89. The van der Waals surface area contributed by atoms with Crippen molar-refractivity contribution in [3.05, 3.63) is 35.9 Å². The maximum atomic E-state index is 10.0. The fourth-order valence-electron chi connectivity index (χ4n) is 2.82. The summed E-state index contributed by atoms with van der Waals surface area (Å²) in [5, 5.41) is 14.6. The Hall–Kier alpha value is -1.61. The first-order valence-electron chi connectivity index (χ1n) is 7.05. The minimum absolute atomic E-state index is 0.140. The van der Waals surface area contributed by atoms with E-state index in [2.05, 4.69) is 29.4 Å². The molecule has 2 unspecified atom stereocenters. The van der Waals surface area contributed by atoms with Crippen LogP contribution in [-0.4, -0.2) is 22.2 Å². The predicted molar refractivity (Wildman–Crippen MR) is 78.4 cm³/mol. The van der Waals surface area contributed by atoms with Crippen molar-refractivity contribution in [1.29, 1.82) is 0 Å². The van der Waals surface area contributed by atoms with Crippen molar-refractivity contribution in [3.8, 4) is 0 Å². The second kappa shape index (κ2) is 5.17. The van der Waals surface area contributed by atoms with E-state index in [1.807, 2.05) is 18.2 Å². The first-order valence-corrected chi connectivity index (χ1v) is 7.05. The van der Waals surface area contributed by atoms with Gasteiger partial charge in [0, 0.05) is 5.39 Å². The number of aliphatic hydroxyl groups excluding tert-OH is 1. The predicted octanol–water partition coefficient (Wildman–Crippen LogP) is 3.26. The molecule has 1 aromatic carbocycles. The number of para-hydroxylation sites is 1. The van der Waals surface area contributed by atoms with E-state index in [9.17, 15) is 5.11 Å². The smallest absolute Gasteiger partial charge is 0.129 e. The average molecular weight is 256 g/mol. The summed E-state index contributed by atoms with van der Waals surface area (Å²) < 4.78 is 0. The van der Waals surface area contributed by atoms with Gasteiger partial charge in [0.1, 0.15) is 5.82 Å². The second-order valence-electron chi connectivity index (χ2n) is 5.45. The lowest BCUT2D eigenvalue weighted by molar-refractivity contribution is 0.116. The Kier molecular flexibility index (Phi) is 3.38. The summed E-state index contributed by atoms with van der Waals surface area (Å²) in [5.74, 6) is 0.907. The number of aryl methyl sites for hydroxylation is 1. The number of hydrogen-bond donors (Lipinski definition) is 2. The van der Waals surface area contributed by atoms with Crippen LogP contribution in [0.25, 0.3) is 10.9 Å². The Morgan fingerprint density at radius 2 is 2.00 bits per heavy atom. The summed E-state index contributed by atoms with van der Waals surface area (Å²) in [7, 11) is 0. The maximum absolute atomic E-state index is 10.0. The van der Waals surface area contributed by atoms with Gasteiger partial charge in [-0.1, -0.05) is 31.0 Å². The molecule has 3 nitrogen and oxygen atoms in total. The van der Waals surface area contributed by atoms with E-state index in [1.54, 1.807) is 0 Å². The van der Waals surface area contributed by atoms with Crippen LogP contribution in [0, 0.1) is 6.92 Å². The lowest BCUT2D eigenvalue weighted by Crippen LogP contribution is -2.36. The molecule has 0 saturated heterocycles. The first kappa shape index (κ1) is 12.4. The Labute approximate surface area is 113 Å². The summed E-state index contributed by atoms with van der Waals surface area (Å²) >= 11 is 0. The molecule has 100 valence electrons. The van der Waals surface area contributed by atoms with Gasteiger partial charge in [-0.05, 0) is 37.5 Å². The molecule has 0 bridgehead atoms. The number of aromatic nitrogens is 1. The highest BCUT2D eigenvalue weighted by molar-refractivity contribution is 5.81.